The molecule has 2 unspecified atom stereocenters. The largest absolute Gasteiger partial charge is 0.496 e. The second-order valence-electron chi connectivity index (χ2n) is 7.89. The van der Waals surface area contributed by atoms with Gasteiger partial charge in [-0.25, -0.2) is 8.78 Å². The first-order valence-electron chi connectivity index (χ1n) is 10.6. The van der Waals surface area contributed by atoms with Crippen molar-refractivity contribution in [2.45, 2.75) is 26.2 Å². The van der Waals surface area contributed by atoms with Crippen LogP contribution in [0, 0.1) is 23.5 Å². The Morgan fingerprint density at radius 3 is 2.50 bits per heavy atom. The number of halogens is 2. The van der Waals surface area contributed by atoms with Crippen LogP contribution in [-0.2, 0) is 9.59 Å². The summed E-state index contributed by atoms with van der Waals surface area (Å²) in [6.45, 7) is 3.11. The molecule has 0 saturated carbocycles. The minimum atomic E-state index is -1.09. The van der Waals surface area contributed by atoms with Crippen LogP contribution >= 0.6 is 0 Å². The molecule has 1 aliphatic heterocycles. The van der Waals surface area contributed by atoms with Gasteiger partial charge in [0.1, 0.15) is 17.4 Å². The van der Waals surface area contributed by atoms with Crippen LogP contribution in [0.3, 0.4) is 0 Å². The molecule has 0 bridgehead atoms. The zero-order valence-electron chi connectivity index (χ0n) is 18.1. The molecule has 1 amide bonds. The van der Waals surface area contributed by atoms with Gasteiger partial charge in [0.25, 0.3) is 0 Å². The topological polar surface area (TPSA) is 76.1 Å². The monoisotopic (exact) mass is 447 g/mol. The van der Waals surface area contributed by atoms with Gasteiger partial charge in [0.05, 0.1) is 13.7 Å². The molecule has 2 aromatic carbocycles. The average Bonchev–Trinajstić information content (AvgIpc) is 2.80. The lowest BCUT2D eigenvalue weighted by molar-refractivity contribution is -0.152. The molecule has 8 heteroatoms. The lowest BCUT2D eigenvalue weighted by Gasteiger charge is -2.34. The molecular formula is C24H27F2NO5. The summed E-state index contributed by atoms with van der Waals surface area (Å²) in [6.07, 6.45) is 1.95. The molecule has 0 radical (unpaired) electrons. The Morgan fingerprint density at radius 1 is 1.19 bits per heavy atom. The summed E-state index contributed by atoms with van der Waals surface area (Å²) < 4.78 is 38.2. The number of hydrogen-bond donors (Lipinski definition) is 1. The fraction of sp³-hybridized carbons (Fsp3) is 0.417. The highest BCUT2D eigenvalue weighted by Crippen LogP contribution is 2.33. The number of carbonyl (C=O) groups excluding carboxylic acids is 1. The van der Waals surface area contributed by atoms with E-state index in [9.17, 15) is 23.5 Å². The molecule has 6 nitrogen and oxygen atoms in total. The van der Waals surface area contributed by atoms with Gasteiger partial charge in [-0.3, -0.25) is 9.59 Å². The first kappa shape index (κ1) is 23.5. The zero-order chi connectivity index (χ0) is 23.3. The normalized spacial score (nSPS) is 17.0. The molecule has 1 saturated heterocycles. The number of methoxy groups -OCH3 is 1. The Labute approximate surface area is 185 Å². The number of aliphatic carboxylic acids is 1. The van der Waals surface area contributed by atoms with E-state index in [4.69, 9.17) is 9.47 Å². The van der Waals surface area contributed by atoms with E-state index in [0.29, 0.717) is 36.6 Å². The lowest BCUT2D eigenvalue weighted by atomic mass is 9.96. The van der Waals surface area contributed by atoms with Gasteiger partial charge in [-0.1, -0.05) is 19.1 Å². The first-order chi connectivity index (χ1) is 15.3. The Balaban J connectivity index is 1.61. The number of rotatable bonds is 8. The van der Waals surface area contributed by atoms with E-state index in [1.807, 2.05) is 0 Å². The summed E-state index contributed by atoms with van der Waals surface area (Å²) in [5, 5.41) is 9.24. The van der Waals surface area contributed by atoms with Crippen molar-refractivity contribution in [3.05, 3.63) is 48.0 Å². The van der Waals surface area contributed by atoms with Crippen molar-refractivity contribution in [3.8, 4) is 22.6 Å². The van der Waals surface area contributed by atoms with Crippen molar-refractivity contribution in [1.29, 1.82) is 0 Å². The summed E-state index contributed by atoms with van der Waals surface area (Å²) in [6, 6.07) is 9.05. The summed E-state index contributed by atoms with van der Waals surface area (Å²) in [5.41, 5.74) is 1.09. The van der Waals surface area contributed by atoms with Crippen LogP contribution in [0.5, 0.6) is 11.5 Å². The molecule has 1 heterocycles. The maximum Gasteiger partial charge on any atom is 0.316 e. The third-order valence-corrected chi connectivity index (χ3v) is 5.73. The van der Waals surface area contributed by atoms with Crippen LogP contribution in [-0.4, -0.2) is 48.7 Å². The Kier molecular flexibility index (Phi) is 7.66. The Bertz CT molecular complexity index is 964. The fourth-order valence-electron chi connectivity index (χ4n) is 3.94. The molecule has 2 aromatic rings. The van der Waals surface area contributed by atoms with Gasteiger partial charge in [0.15, 0.2) is 11.6 Å². The Morgan fingerprint density at radius 2 is 1.88 bits per heavy atom. The molecule has 2 atom stereocenters. The van der Waals surface area contributed by atoms with E-state index in [0.717, 1.165) is 25.0 Å². The molecule has 0 aliphatic carbocycles. The summed E-state index contributed by atoms with van der Waals surface area (Å²) >= 11 is 0. The maximum atomic E-state index is 13.7. The highest BCUT2D eigenvalue weighted by atomic mass is 19.2. The number of benzene rings is 2. The Hall–Kier alpha value is -3.16. The fourth-order valence-corrected chi connectivity index (χ4v) is 3.94. The van der Waals surface area contributed by atoms with Crippen molar-refractivity contribution in [3.63, 3.8) is 0 Å². The lowest BCUT2D eigenvalue weighted by Crippen LogP contribution is -2.45. The number of ether oxygens (including phenoxy) is 2. The van der Waals surface area contributed by atoms with Crippen LogP contribution in [0.25, 0.3) is 11.1 Å². The molecule has 1 aliphatic rings. The van der Waals surface area contributed by atoms with Crippen molar-refractivity contribution in [1.82, 2.24) is 4.90 Å². The van der Waals surface area contributed by atoms with E-state index in [-0.39, 0.29) is 24.0 Å². The predicted molar refractivity (Wildman–Crippen MR) is 115 cm³/mol. The molecule has 0 spiro atoms. The third kappa shape index (κ3) is 5.36. The van der Waals surface area contributed by atoms with Crippen molar-refractivity contribution < 1.29 is 33.0 Å². The minimum absolute atomic E-state index is 0.102. The van der Waals surface area contributed by atoms with Gasteiger partial charge in [-0.2, -0.15) is 0 Å². The molecule has 172 valence electrons. The van der Waals surface area contributed by atoms with Gasteiger partial charge in [0.2, 0.25) is 5.91 Å². The van der Waals surface area contributed by atoms with E-state index in [2.05, 4.69) is 0 Å². The number of piperidine rings is 1. The number of carbonyl (C=O) groups is 2. The highest BCUT2D eigenvalue weighted by molar-refractivity contribution is 5.96. The van der Waals surface area contributed by atoms with Gasteiger partial charge in [-0.05, 0) is 43.0 Å². The number of nitrogens with zero attached hydrogens (tertiary/aromatic N) is 1. The van der Waals surface area contributed by atoms with Crippen LogP contribution in [0.15, 0.2) is 36.4 Å². The standard InChI is InChI=1S/C24H27F2NO5/c1-3-18(24(29)30)23(28)27-10-4-5-15(13-27)14-32-17-8-6-16(7-9-17)19-11-20(25)21(26)12-22(19)31-2/h6-9,11-12,15,18H,3-5,10,13-14H2,1-2H3,(H,29,30). The second kappa shape index (κ2) is 10.4. The first-order valence-corrected chi connectivity index (χ1v) is 10.6. The van der Waals surface area contributed by atoms with E-state index < -0.39 is 23.5 Å². The van der Waals surface area contributed by atoms with Crippen molar-refractivity contribution >= 4 is 11.9 Å². The SMILES string of the molecule is CCC(C(=O)O)C(=O)N1CCCC(COc2ccc(-c3cc(F)c(F)cc3OC)cc2)C1. The molecule has 1 fully saturated rings. The summed E-state index contributed by atoms with van der Waals surface area (Å²) in [4.78, 5) is 25.4. The average molecular weight is 447 g/mol. The molecule has 32 heavy (non-hydrogen) atoms. The highest BCUT2D eigenvalue weighted by Gasteiger charge is 2.32. The van der Waals surface area contributed by atoms with Crippen LogP contribution in [0.4, 0.5) is 8.78 Å². The van der Waals surface area contributed by atoms with E-state index in [1.165, 1.54) is 7.11 Å². The quantitative estimate of drug-likeness (QED) is 0.609. The maximum absolute atomic E-state index is 13.7. The van der Waals surface area contributed by atoms with Crippen molar-refractivity contribution in [2.75, 3.05) is 26.8 Å². The minimum Gasteiger partial charge on any atom is -0.496 e. The van der Waals surface area contributed by atoms with Crippen molar-refractivity contribution in [2.24, 2.45) is 11.8 Å². The van der Waals surface area contributed by atoms with Crippen LogP contribution in [0.1, 0.15) is 26.2 Å². The number of amides is 1. The van der Waals surface area contributed by atoms with Gasteiger partial charge < -0.3 is 19.5 Å². The molecular weight excluding hydrogens is 420 g/mol. The summed E-state index contributed by atoms with van der Waals surface area (Å²) in [5.74, 6) is -3.42. The van der Waals surface area contributed by atoms with Gasteiger partial charge in [0, 0.05) is 30.6 Å². The number of carboxylic acids is 1. The smallest absolute Gasteiger partial charge is 0.316 e. The van der Waals surface area contributed by atoms with E-state index >= 15 is 0 Å². The zero-order valence-corrected chi connectivity index (χ0v) is 18.1. The molecule has 3 rings (SSSR count). The third-order valence-electron chi connectivity index (χ3n) is 5.73. The van der Waals surface area contributed by atoms with Gasteiger partial charge in [-0.15, -0.1) is 0 Å². The predicted octanol–water partition coefficient (Wildman–Crippen LogP) is 4.37. The van der Waals surface area contributed by atoms with E-state index in [1.54, 1.807) is 36.1 Å². The second-order valence-corrected chi connectivity index (χ2v) is 7.89. The molecule has 0 aromatic heterocycles. The number of hydrogen-bond acceptors (Lipinski definition) is 4. The summed E-state index contributed by atoms with van der Waals surface area (Å²) in [7, 11) is 1.39. The van der Waals surface area contributed by atoms with Gasteiger partial charge >= 0.3 is 5.97 Å². The van der Waals surface area contributed by atoms with Crippen LogP contribution in [0.2, 0.25) is 0 Å². The molecule has 1 N–H and O–H groups in total. The van der Waals surface area contributed by atoms with Crippen LogP contribution < -0.4 is 9.47 Å². The number of carboxylic acid groups (broad SMARTS) is 1. The number of likely N-dealkylation sites (tertiary alicyclic amines) is 1.